The van der Waals surface area contributed by atoms with Crippen molar-refractivity contribution < 1.29 is 32.9 Å². The summed E-state index contributed by atoms with van der Waals surface area (Å²) in [6.07, 6.45) is 2.09. The van der Waals surface area contributed by atoms with Crippen molar-refractivity contribution in [1.82, 2.24) is 20.3 Å². The zero-order chi connectivity index (χ0) is 25.3. The molecule has 1 aromatic heterocycles. The Labute approximate surface area is 207 Å². The molecule has 1 N–H and O–H groups in total. The third-order valence-corrected chi connectivity index (χ3v) is 6.30. The number of nitrogens with zero attached hydrogens (tertiary/aromatic N) is 5. The van der Waals surface area contributed by atoms with Gasteiger partial charge in [-0.3, -0.25) is 4.90 Å². The highest BCUT2D eigenvalue weighted by atomic mass is 19.1. The molecule has 3 fully saturated rings. The van der Waals surface area contributed by atoms with Crippen LogP contribution in [-0.4, -0.2) is 84.1 Å². The molecule has 0 spiro atoms. The van der Waals surface area contributed by atoms with Crippen LogP contribution in [0.1, 0.15) is 20.3 Å². The summed E-state index contributed by atoms with van der Waals surface area (Å²) in [7, 11) is 0. The van der Waals surface area contributed by atoms with Crippen molar-refractivity contribution in [3.05, 3.63) is 36.4 Å². The van der Waals surface area contributed by atoms with Crippen molar-refractivity contribution in [3.8, 4) is 0 Å². The van der Waals surface area contributed by atoms with Gasteiger partial charge in [0.25, 0.3) is 0 Å². The van der Waals surface area contributed by atoms with Crippen molar-refractivity contribution in [3.63, 3.8) is 0 Å². The molecule has 0 radical (unpaired) electrons. The lowest BCUT2D eigenvalue weighted by atomic mass is 10.2. The monoisotopic (exact) mass is 504 g/mol. The van der Waals surface area contributed by atoms with Gasteiger partial charge in [-0.1, -0.05) is 5.21 Å². The molecule has 5 rings (SSSR count). The highest BCUT2D eigenvalue weighted by Gasteiger charge is 2.35. The van der Waals surface area contributed by atoms with Gasteiger partial charge in [0.05, 0.1) is 43.3 Å². The number of carbonyl (C=O) groups is 2. The molecule has 13 heteroatoms. The highest BCUT2D eigenvalue weighted by molar-refractivity contribution is 5.90. The lowest BCUT2D eigenvalue weighted by molar-refractivity contribution is -0.142. The van der Waals surface area contributed by atoms with Gasteiger partial charge in [0.1, 0.15) is 24.6 Å². The minimum Gasteiger partial charge on any atom is -0.447 e. The maximum Gasteiger partial charge on any atom is 0.414 e. The molecule has 0 aliphatic carbocycles. The number of cyclic esters (lactones) is 1. The quantitative estimate of drug-likeness (QED) is 0.603. The predicted molar refractivity (Wildman–Crippen MR) is 124 cm³/mol. The number of alkyl carbamates (subject to hydrolysis) is 1. The first kappa shape index (κ1) is 24.3. The summed E-state index contributed by atoms with van der Waals surface area (Å²) in [5, 5.41) is 10.4. The summed E-state index contributed by atoms with van der Waals surface area (Å²) in [5.41, 5.74) is 0.822. The minimum atomic E-state index is -0.676. The smallest absolute Gasteiger partial charge is 0.414 e. The van der Waals surface area contributed by atoms with E-state index in [0.717, 1.165) is 0 Å². The zero-order valence-electron chi connectivity index (χ0n) is 20.1. The van der Waals surface area contributed by atoms with Gasteiger partial charge in [0, 0.05) is 19.3 Å². The first-order chi connectivity index (χ1) is 17.3. The normalized spacial score (nSPS) is 25.3. The van der Waals surface area contributed by atoms with Gasteiger partial charge in [-0.25, -0.2) is 18.7 Å². The van der Waals surface area contributed by atoms with Crippen molar-refractivity contribution >= 4 is 23.6 Å². The SMILES string of the molecule is CC1(C)OC[C@@H](COC(=O)N[C@@H]2CCN(c3ccc(N4C[C@H](Cn5ccnn5)OC4=O)cc3F)C2)O1. The van der Waals surface area contributed by atoms with Crippen LogP contribution in [0, 0.1) is 5.82 Å². The van der Waals surface area contributed by atoms with Crippen LogP contribution in [0.3, 0.4) is 0 Å². The Balaban J connectivity index is 1.12. The maximum atomic E-state index is 15.0. The number of amides is 2. The number of ether oxygens (including phenoxy) is 4. The number of hydrogen-bond donors (Lipinski definition) is 1. The molecule has 36 heavy (non-hydrogen) atoms. The topological polar surface area (TPSA) is 120 Å². The Kier molecular flexibility index (Phi) is 6.67. The number of carbonyl (C=O) groups excluding carboxylic acids is 2. The fraction of sp³-hybridized carbons (Fsp3) is 0.565. The Morgan fingerprint density at radius 2 is 2.17 bits per heavy atom. The molecule has 194 valence electrons. The summed E-state index contributed by atoms with van der Waals surface area (Å²) in [4.78, 5) is 27.8. The molecule has 3 saturated heterocycles. The number of benzene rings is 1. The van der Waals surface area contributed by atoms with E-state index >= 15 is 4.39 Å². The van der Waals surface area contributed by atoms with Gasteiger partial charge in [-0.15, -0.1) is 5.10 Å². The van der Waals surface area contributed by atoms with Gasteiger partial charge in [-0.05, 0) is 38.5 Å². The Bertz CT molecular complexity index is 1100. The molecule has 2 amide bonds. The molecule has 12 nitrogen and oxygen atoms in total. The molecule has 0 bridgehead atoms. The van der Waals surface area contributed by atoms with Gasteiger partial charge in [-0.2, -0.15) is 0 Å². The number of halogens is 1. The summed E-state index contributed by atoms with van der Waals surface area (Å²) >= 11 is 0. The Morgan fingerprint density at radius 3 is 2.89 bits per heavy atom. The van der Waals surface area contributed by atoms with E-state index in [0.29, 0.717) is 44.0 Å². The lowest BCUT2D eigenvalue weighted by Gasteiger charge is -2.21. The fourth-order valence-corrected chi connectivity index (χ4v) is 4.61. The molecule has 4 heterocycles. The summed E-state index contributed by atoms with van der Waals surface area (Å²) in [5.74, 6) is -1.13. The molecular weight excluding hydrogens is 475 g/mol. The van der Waals surface area contributed by atoms with E-state index in [-0.39, 0.29) is 25.3 Å². The molecular formula is C23H29FN6O6. The maximum absolute atomic E-state index is 15.0. The second-order valence-corrected chi connectivity index (χ2v) is 9.50. The third kappa shape index (κ3) is 5.51. The number of nitrogens with one attached hydrogen (secondary N) is 1. The van der Waals surface area contributed by atoms with Gasteiger partial charge in [0.15, 0.2) is 5.79 Å². The van der Waals surface area contributed by atoms with E-state index in [1.165, 1.54) is 11.0 Å². The average molecular weight is 505 g/mol. The molecule has 3 aliphatic heterocycles. The molecule has 2 aromatic rings. The highest BCUT2D eigenvalue weighted by Crippen LogP contribution is 2.30. The number of anilines is 2. The van der Waals surface area contributed by atoms with Crippen LogP contribution in [0.4, 0.5) is 25.4 Å². The van der Waals surface area contributed by atoms with Crippen LogP contribution in [0.15, 0.2) is 30.6 Å². The first-order valence-corrected chi connectivity index (χ1v) is 11.9. The molecule has 3 atom stereocenters. The standard InChI is InChI=1S/C23H29FN6O6/c1-23(2)34-14-18(36-23)13-33-21(31)26-15-5-7-28(10-15)20-4-3-16(9-19(20)24)30-12-17(35-22(30)32)11-29-8-6-25-27-29/h3-4,6,8-9,15,17-18H,5,7,10-14H2,1-2H3,(H,26,31)/t15-,17+,18-/m1/s1. The second-order valence-electron chi connectivity index (χ2n) is 9.50. The van der Waals surface area contributed by atoms with E-state index in [2.05, 4.69) is 15.6 Å². The molecule has 0 saturated carbocycles. The predicted octanol–water partition coefficient (Wildman–Crippen LogP) is 1.90. The van der Waals surface area contributed by atoms with Crippen LogP contribution in [-0.2, 0) is 25.5 Å². The number of rotatable bonds is 7. The first-order valence-electron chi connectivity index (χ1n) is 11.9. The summed E-state index contributed by atoms with van der Waals surface area (Å²) < 4.78 is 38.4. The van der Waals surface area contributed by atoms with Gasteiger partial charge >= 0.3 is 12.2 Å². The zero-order valence-corrected chi connectivity index (χ0v) is 20.1. The van der Waals surface area contributed by atoms with Gasteiger partial charge < -0.3 is 29.2 Å². The Morgan fingerprint density at radius 1 is 1.31 bits per heavy atom. The van der Waals surface area contributed by atoms with Crippen LogP contribution < -0.4 is 15.1 Å². The van der Waals surface area contributed by atoms with Crippen LogP contribution in [0.5, 0.6) is 0 Å². The van der Waals surface area contributed by atoms with E-state index in [9.17, 15) is 9.59 Å². The van der Waals surface area contributed by atoms with Gasteiger partial charge in [0.2, 0.25) is 0 Å². The second kappa shape index (κ2) is 9.90. The minimum absolute atomic E-state index is 0.0976. The van der Waals surface area contributed by atoms with Crippen LogP contribution in [0.25, 0.3) is 0 Å². The average Bonchev–Trinajstić information content (AvgIpc) is 3.62. The van der Waals surface area contributed by atoms with E-state index in [4.69, 9.17) is 18.9 Å². The fourth-order valence-electron chi connectivity index (χ4n) is 4.61. The van der Waals surface area contributed by atoms with Crippen molar-refractivity contribution in [2.45, 2.75) is 50.8 Å². The van der Waals surface area contributed by atoms with Crippen molar-refractivity contribution in [1.29, 1.82) is 0 Å². The third-order valence-electron chi connectivity index (χ3n) is 6.30. The molecule has 1 aromatic carbocycles. The lowest BCUT2D eigenvalue weighted by Crippen LogP contribution is -2.39. The molecule has 3 aliphatic rings. The largest absolute Gasteiger partial charge is 0.447 e. The van der Waals surface area contributed by atoms with E-state index in [1.807, 2.05) is 4.90 Å². The van der Waals surface area contributed by atoms with Crippen LogP contribution >= 0.6 is 0 Å². The van der Waals surface area contributed by atoms with Crippen molar-refractivity contribution in [2.75, 3.05) is 42.6 Å². The van der Waals surface area contributed by atoms with E-state index in [1.54, 1.807) is 43.1 Å². The van der Waals surface area contributed by atoms with Crippen LogP contribution in [0.2, 0.25) is 0 Å². The number of aromatic nitrogens is 3. The van der Waals surface area contributed by atoms with Crippen molar-refractivity contribution in [2.24, 2.45) is 0 Å². The molecule has 0 unspecified atom stereocenters. The Hall–Kier alpha value is -3.45. The number of hydrogen-bond acceptors (Lipinski definition) is 9. The summed E-state index contributed by atoms with van der Waals surface area (Å²) in [6.45, 7) is 5.73. The van der Waals surface area contributed by atoms with E-state index < -0.39 is 29.9 Å². The summed E-state index contributed by atoms with van der Waals surface area (Å²) in [6, 6.07) is 4.48.